The summed E-state index contributed by atoms with van der Waals surface area (Å²) >= 11 is 0. The zero-order valence-corrected chi connectivity index (χ0v) is 10.9. The maximum absolute atomic E-state index is 12.2. The van der Waals surface area contributed by atoms with Crippen molar-refractivity contribution in [3.05, 3.63) is 29.8 Å². The number of benzene rings is 1. The van der Waals surface area contributed by atoms with Crippen LogP contribution in [0.4, 0.5) is 5.69 Å². The first-order chi connectivity index (χ1) is 8.54. The molecule has 0 aromatic heterocycles. The molecule has 0 spiro atoms. The van der Waals surface area contributed by atoms with Gasteiger partial charge in [-0.05, 0) is 31.5 Å². The van der Waals surface area contributed by atoms with Crippen molar-refractivity contribution in [2.75, 3.05) is 18.8 Å². The fraction of sp³-hybridized carbons (Fsp3) is 0.500. The molecule has 18 heavy (non-hydrogen) atoms. The van der Waals surface area contributed by atoms with Crippen LogP contribution in [0.1, 0.15) is 19.4 Å². The van der Waals surface area contributed by atoms with Gasteiger partial charge in [0, 0.05) is 18.8 Å². The Bertz CT molecular complexity index is 406. The number of rotatable bonds is 2. The molecule has 0 unspecified atom stereocenters. The van der Waals surface area contributed by atoms with Gasteiger partial charge in [-0.25, -0.2) is 0 Å². The highest BCUT2D eigenvalue weighted by Gasteiger charge is 2.25. The fourth-order valence-corrected chi connectivity index (χ4v) is 2.30. The maximum atomic E-state index is 12.2. The molecular weight excluding hydrogens is 228 g/mol. The quantitative estimate of drug-likeness (QED) is 0.806. The average Bonchev–Trinajstić information content (AvgIpc) is 2.31. The van der Waals surface area contributed by atoms with Gasteiger partial charge < -0.3 is 15.4 Å². The standard InChI is InChI=1S/C14H20N2O2/c1-10-8-16(9-11(2)18-10)14(17)7-12-3-5-13(15)6-4-12/h3-6,10-11H,7-9,15H2,1-2H3/t10-,11-/m1/s1. The second kappa shape index (κ2) is 5.40. The summed E-state index contributed by atoms with van der Waals surface area (Å²) in [7, 11) is 0. The Labute approximate surface area is 108 Å². The summed E-state index contributed by atoms with van der Waals surface area (Å²) in [5.41, 5.74) is 7.35. The highest BCUT2D eigenvalue weighted by atomic mass is 16.5. The number of nitrogens with zero attached hydrogens (tertiary/aromatic N) is 1. The normalized spacial score (nSPS) is 24.0. The van der Waals surface area contributed by atoms with Crippen LogP contribution in [0.15, 0.2) is 24.3 Å². The molecule has 4 nitrogen and oxygen atoms in total. The van der Waals surface area contributed by atoms with Crippen LogP contribution in [0.25, 0.3) is 0 Å². The number of nitrogens with two attached hydrogens (primary N) is 1. The van der Waals surface area contributed by atoms with Gasteiger partial charge in [0.2, 0.25) is 5.91 Å². The van der Waals surface area contributed by atoms with E-state index >= 15 is 0 Å². The average molecular weight is 248 g/mol. The third kappa shape index (κ3) is 3.23. The Morgan fingerprint density at radius 1 is 1.28 bits per heavy atom. The van der Waals surface area contributed by atoms with E-state index in [-0.39, 0.29) is 18.1 Å². The largest absolute Gasteiger partial charge is 0.399 e. The lowest BCUT2D eigenvalue weighted by molar-refractivity contribution is -0.142. The molecule has 0 bridgehead atoms. The smallest absolute Gasteiger partial charge is 0.227 e. The predicted octanol–water partition coefficient (Wildman–Crippen LogP) is 1.45. The van der Waals surface area contributed by atoms with E-state index in [1.165, 1.54) is 0 Å². The zero-order chi connectivity index (χ0) is 13.1. The van der Waals surface area contributed by atoms with Gasteiger partial charge in [-0.2, -0.15) is 0 Å². The van der Waals surface area contributed by atoms with Gasteiger partial charge >= 0.3 is 0 Å². The number of carbonyl (C=O) groups excluding carboxylic acids is 1. The zero-order valence-electron chi connectivity index (χ0n) is 10.9. The molecule has 98 valence electrons. The number of hydrogen-bond acceptors (Lipinski definition) is 3. The number of nitrogen functional groups attached to an aromatic ring is 1. The van der Waals surface area contributed by atoms with E-state index < -0.39 is 0 Å². The van der Waals surface area contributed by atoms with Gasteiger partial charge in [0.25, 0.3) is 0 Å². The van der Waals surface area contributed by atoms with E-state index in [0.717, 1.165) is 11.3 Å². The van der Waals surface area contributed by atoms with Crippen molar-refractivity contribution >= 4 is 11.6 Å². The molecule has 1 amide bonds. The summed E-state index contributed by atoms with van der Waals surface area (Å²) < 4.78 is 5.62. The van der Waals surface area contributed by atoms with Crippen molar-refractivity contribution in [3.63, 3.8) is 0 Å². The molecule has 2 atom stereocenters. The van der Waals surface area contributed by atoms with E-state index in [0.29, 0.717) is 19.5 Å². The minimum absolute atomic E-state index is 0.115. The highest BCUT2D eigenvalue weighted by Crippen LogP contribution is 2.13. The van der Waals surface area contributed by atoms with Gasteiger partial charge in [-0.15, -0.1) is 0 Å². The van der Waals surface area contributed by atoms with Crippen molar-refractivity contribution < 1.29 is 9.53 Å². The van der Waals surface area contributed by atoms with Crippen LogP contribution in [0.3, 0.4) is 0 Å². The highest BCUT2D eigenvalue weighted by molar-refractivity contribution is 5.79. The van der Waals surface area contributed by atoms with Gasteiger partial charge in [0.05, 0.1) is 18.6 Å². The number of ether oxygens (including phenoxy) is 1. The first-order valence-electron chi connectivity index (χ1n) is 6.32. The molecule has 1 aromatic carbocycles. The Balaban J connectivity index is 1.97. The van der Waals surface area contributed by atoms with E-state index in [1.54, 1.807) is 0 Å². The topological polar surface area (TPSA) is 55.6 Å². The summed E-state index contributed by atoms with van der Waals surface area (Å²) in [6.07, 6.45) is 0.660. The molecular formula is C14H20N2O2. The SMILES string of the molecule is C[C@@H]1CN(C(=O)Cc2ccc(N)cc2)C[C@@H](C)O1. The lowest BCUT2D eigenvalue weighted by Crippen LogP contribution is -2.48. The molecule has 4 heteroatoms. The molecule has 0 radical (unpaired) electrons. The predicted molar refractivity (Wildman–Crippen MR) is 71.1 cm³/mol. The molecule has 1 aliphatic heterocycles. The molecule has 1 aliphatic rings. The van der Waals surface area contributed by atoms with Crippen LogP contribution in [-0.2, 0) is 16.0 Å². The molecule has 1 saturated heterocycles. The third-order valence-electron chi connectivity index (χ3n) is 3.11. The summed E-state index contributed by atoms with van der Waals surface area (Å²) in [5, 5.41) is 0. The third-order valence-corrected chi connectivity index (χ3v) is 3.11. The molecule has 2 rings (SSSR count). The van der Waals surface area contributed by atoms with Crippen molar-refractivity contribution in [1.29, 1.82) is 0 Å². The minimum atomic E-state index is 0.115. The summed E-state index contributed by atoms with van der Waals surface area (Å²) in [5.74, 6) is 0.154. The van der Waals surface area contributed by atoms with Crippen LogP contribution in [-0.4, -0.2) is 36.1 Å². The molecule has 0 saturated carbocycles. The minimum Gasteiger partial charge on any atom is -0.399 e. The van der Waals surface area contributed by atoms with Gasteiger partial charge in [0.15, 0.2) is 0 Å². The maximum Gasteiger partial charge on any atom is 0.227 e. The first-order valence-corrected chi connectivity index (χ1v) is 6.32. The number of amides is 1. The number of anilines is 1. The Hall–Kier alpha value is -1.55. The van der Waals surface area contributed by atoms with Crippen molar-refractivity contribution in [1.82, 2.24) is 4.90 Å². The van der Waals surface area contributed by atoms with E-state index in [9.17, 15) is 4.79 Å². The van der Waals surface area contributed by atoms with Gasteiger partial charge in [0.1, 0.15) is 0 Å². The van der Waals surface area contributed by atoms with E-state index in [4.69, 9.17) is 10.5 Å². The van der Waals surface area contributed by atoms with Crippen LogP contribution in [0.2, 0.25) is 0 Å². The molecule has 1 heterocycles. The lowest BCUT2D eigenvalue weighted by atomic mass is 10.1. The van der Waals surface area contributed by atoms with E-state index in [1.807, 2.05) is 43.0 Å². The van der Waals surface area contributed by atoms with Crippen LogP contribution >= 0.6 is 0 Å². The summed E-state index contributed by atoms with van der Waals surface area (Å²) in [4.78, 5) is 14.1. The van der Waals surface area contributed by atoms with Gasteiger partial charge in [-0.1, -0.05) is 12.1 Å². The van der Waals surface area contributed by atoms with E-state index in [2.05, 4.69) is 0 Å². The Morgan fingerprint density at radius 2 is 1.83 bits per heavy atom. The summed E-state index contributed by atoms with van der Waals surface area (Å²) in [6.45, 7) is 5.36. The first kappa shape index (κ1) is 12.9. The second-order valence-electron chi connectivity index (χ2n) is 4.97. The number of hydrogen-bond donors (Lipinski definition) is 1. The van der Waals surface area contributed by atoms with Crippen molar-refractivity contribution in [3.8, 4) is 0 Å². The van der Waals surface area contributed by atoms with Crippen LogP contribution < -0.4 is 5.73 Å². The molecule has 0 aliphatic carbocycles. The number of morpholine rings is 1. The number of carbonyl (C=O) groups is 1. The molecule has 2 N–H and O–H groups in total. The fourth-order valence-electron chi connectivity index (χ4n) is 2.30. The van der Waals surface area contributed by atoms with Crippen molar-refractivity contribution in [2.24, 2.45) is 0 Å². The Kier molecular flexibility index (Phi) is 3.87. The Morgan fingerprint density at radius 3 is 2.39 bits per heavy atom. The lowest BCUT2D eigenvalue weighted by Gasteiger charge is -2.35. The van der Waals surface area contributed by atoms with Gasteiger partial charge in [-0.3, -0.25) is 4.79 Å². The summed E-state index contributed by atoms with van der Waals surface area (Å²) in [6, 6.07) is 7.46. The second-order valence-corrected chi connectivity index (χ2v) is 4.97. The van der Waals surface area contributed by atoms with Crippen LogP contribution in [0, 0.1) is 0 Å². The molecule has 1 aromatic rings. The van der Waals surface area contributed by atoms with Crippen LogP contribution in [0.5, 0.6) is 0 Å². The van der Waals surface area contributed by atoms with Crippen molar-refractivity contribution in [2.45, 2.75) is 32.5 Å². The monoisotopic (exact) mass is 248 g/mol. The molecule has 1 fully saturated rings.